The Hall–Kier alpha value is -2.74. The van der Waals surface area contributed by atoms with E-state index in [1.165, 1.54) is 18.3 Å². The summed E-state index contributed by atoms with van der Waals surface area (Å²) in [6.45, 7) is 4.43. The summed E-state index contributed by atoms with van der Waals surface area (Å²) < 4.78 is 0. The maximum atomic E-state index is 12.4. The van der Waals surface area contributed by atoms with Gasteiger partial charge in [-0.2, -0.15) is 0 Å². The average molecular weight is 386 g/mol. The number of hydrazine groups is 1. The van der Waals surface area contributed by atoms with E-state index in [2.05, 4.69) is 15.8 Å². The van der Waals surface area contributed by atoms with Gasteiger partial charge in [0.05, 0.1) is 5.69 Å². The Balaban J connectivity index is 1.56. The molecule has 0 aliphatic carbocycles. The predicted octanol–water partition coefficient (Wildman–Crippen LogP) is 2.14. The van der Waals surface area contributed by atoms with Crippen LogP contribution in [0.25, 0.3) is 10.6 Å². The molecule has 1 aromatic carbocycles. The van der Waals surface area contributed by atoms with E-state index < -0.39 is 0 Å². The van der Waals surface area contributed by atoms with Crippen LogP contribution in [-0.4, -0.2) is 40.7 Å². The summed E-state index contributed by atoms with van der Waals surface area (Å²) in [7, 11) is 0. The number of piperidine rings is 1. The molecule has 3 rings (SSSR count). The van der Waals surface area contributed by atoms with E-state index in [9.17, 15) is 14.4 Å². The average Bonchev–Trinajstić information content (AvgIpc) is 3.08. The van der Waals surface area contributed by atoms with Crippen molar-refractivity contribution in [3.63, 3.8) is 0 Å². The molecular formula is C19H22N4O3S. The molecule has 1 saturated heterocycles. The van der Waals surface area contributed by atoms with Crippen molar-refractivity contribution < 1.29 is 14.4 Å². The van der Waals surface area contributed by atoms with E-state index in [4.69, 9.17) is 0 Å². The Bertz CT molecular complexity index is 842. The zero-order valence-corrected chi connectivity index (χ0v) is 16.1. The largest absolute Gasteiger partial charge is 0.343 e. The number of benzene rings is 1. The fourth-order valence-corrected chi connectivity index (χ4v) is 4.01. The molecule has 7 nitrogen and oxygen atoms in total. The lowest BCUT2D eigenvalue weighted by atomic mass is 9.96. The van der Waals surface area contributed by atoms with Crippen molar-refractivity contribution >= 4 is 29.1 Å². The number of nitrogens with zero attached hydrogens (tertiary/aromatic N) is 2. The fraction of sp³-hybridized carbons (Fsp3) is 0.368. The number of hydrogen-bond donors (Lipinski definition) is 2. The first kappa shape index (κ1) is 19.0. The van der Waals surface area contributed by atoms with Crippen LogP contribution in [0.5, 0.6) is 0 Å². The number of aromatic nitrogens is 1. The molecule has 1 aromatic heterocycles. The molecule has 27 heavy (non-hydrogen) atoms. The van der Waals surface area contributed by atoms with Gasteiger partial charge < -0.3 is 4.90 Å². The summed E-state index contributed by atoms with van der Waals surface area (Å²) in [6.07, 6.45) is 1.19. The van der Waals surface area contributed by atoms with E-state index >= 15 is 0 Å². The van der Waals surface area contributed by atoms with Crippen LogP contribution in [0, 0.1) is 12.8 Å². The number of nitrogens with one attached hydrogen (secondary N) is 2. The normalized spacial score (nSPS) is 14.7. The van der Waals surface area contributed by atoms with Gasteiger partial charge in [0.2, 0.25) is 11.8 Å². The Morgan fingerprint density at radius 3 is 2.41 bits per heavy atom. The van der Waals surface area contributed by atoms with Crippen molar-refractivity contribution in [3.8, 4) is 10.6 Å². The van der Waals surface area contributed by atoms with Crippen molar-refractivity contribution in [2.45, 2.75) is 26.7 Å². The van der Waals surface area contributed by atoms with Crippen molar-refractivity contribution in [1.82, 2.24) is 20.7 Å². The number of thiazole rings is 1. The molecule has 8 heteroatoms. The molecule has 0 spiro atoms. The number of hydrogen-bond acceptors (Lipinski definition) is 5. The van der Waals surface area contributed by atoms with Crippen LogP contribution in [0.4, 0.5) is 0 Å². The first-order valence-corrected chi connectivity index (χ1v) is 9.66. The van der Waals surface area contributed by atoms with Gasteiger partial charge in [-0.15, -0.1) is 11.3 Å². The number of aryl methyl sites for hydroxylation is 1. The molecule has 1 aliphatic rings. The molecular weight excluding hydrogens is 364 g/mol. The van der Waals surface area contributed by atoms with Crippen LogP contribution >= 0.6 is 11.3 Å². The summed E-state index contributed by atoms with van der Waals surface area (Å²) in [5, 5.41) is 0.765. The zero-order valence-electron chi connectivity index (χ0n) is 15.3. The fourth-order valence-electron chi connectivity index (χ4n) is 3.05. The quantitative estimate of drug-likeness (QED) is 0.791. The first-order valence-electron chi connectivity index (χ1n) is 8.84. The molecule has 0 radical (unpaired) electrons. The van der Waals surface area contributed by atoms with E-state index in [1.54, 1.807) is 11.8 Å². The van der Waals surface area contributed by atoms with Crippen LogP contribution in [0.3, 0.4) is 0 Å². The Kier molecular flexibility index (Phi) is 5.85. The molecule has 142 valence electrons. The number of carbonyl (C=O) groups is 3. The minimum Gasteiger partial charge on any atom is -0.343 e. The summed E-state index contributed by atoms with van der Waals surface area (Å²) >= 11 is 1.29. The highest BCUT2D eigenvalue weighted by Crippen LogP contribution is 2.27. The summed E-state index contributed by atoms with van der Waals surface area (Å²) in [5.74, 6) is -0.779. The minimum absolute atomic E-state index is 0.0250. The molecule has 2 N–H and O–H groups in total. The topological polar surface area (TPSA) is 91.4 Å². The van der Waals surface area contributed by atoms with Crippen molar-refractivity contribution in [2.24, 2.45) is 5.92 Å². The van der Waals surface area contributed by atoms with Crippen LogP contribution in [-0.2, 0) is 9.59 Å². The smallest absolute Gasteiger partial charge is 0.281 e. The zero-order chi connectivity index (χ0) is 19.4. The number of amides is 3. The van der Waals surface area contributed by atoms with Crippen LogP contribution in [0.15, 0.2) is 30.3 Å². The van der Waals surface area contributed by atoms with Crippen molar-refractivity contribution in [2.75, 3.05) is 13.1 Å². The monoisotopic (exact) mass is 386 g/mol. The Morgan fingerprint density at radius 1 is 1.11 bits per heavy atom. The lowest BCUT2D eigenvalue weighted by Gasteiger charge is -2.30. The molecule has 2 aromatic rings. The van der Waals surface area contributed by atoms with Gasteiger partial charge >= 0.3 is 0 Å². The third kappa shape index (κ3) is 4.51. The third-order valence-corrected chi connectivity index (χ3v) is 5.84. The molecule has 3 amide bonds. The molecule has 1 fully saturated rings. The van der Waals surface area contributed by atoms with E-state index in [0.29, 0.717) is 36.5 Å². The van der Waals surface area contributed by atoms with Gasteiger partial charge in [-0.05, 0) is 19.8 Å². The molecule has 1 aliphatic heterocycles. The van der Waals surface area contributed by atoms with E-state index in [0.717, 1.165) is 10.6 Å². The van der Waals surface area contributed by atoms with E-state index in [1.807, 2.05) is 30.3 Å². The predicted molar refractivity (Wildman–Crippen MR) is 103 cm³/mol. The second-order valence-corrected chi connectivity index (χ2v) is 7.52. The lowest BCUT2D eigenvalue weighted by Crippen LogP contribution is -2.47. The summed E-state index contributed by atoms with van der Waals surface area (Å²) in [4.78, 5) is 42.7. The number of carbonyl (C=O) groups excluding carboxylic acids is 3. The van der Waals surface area contributed by atoms with Crippen molar-refractivity contribution in [1.29, 1.82) is 0 Å². The lowest BCUT2D eigenvalue weighted by molar-refractivity contribution is -0.134. The first-order chi connectivity index (χ1) is 13.0. The maximum Gasteiger partial charge on any atom is 0.281 e. The maximum absolute atomic E-state index is 12.4. The molecule has 0 atom stereocenters. The molecule has 0 unspecified atom stereocenters. The van der Waals surface area contributed by atoms with Gasteiger partial charge in [0.25, 0.3) is 5.91 Å². The standard InChI is InChI=1S/C19H22N4O3S/c1-12-16(27-19(20-12)15-6-4-3-5-7-15)18(26)22-21-17(25)14-8-10-23(11-9-14)13(2)24/h3-7,14H,8-11H2,1-2H3,(H,21,25)(H,22,26). The highest BCUT2D eigenvalue weighted by molar-refractivity contribution is 7.17. The van der Waals surface area contributed by atoms with Gasteiger partial charge in [-0.25, -0.2) is 4.98 Å². The van der Waals surface area contributed by atoms with Gasteiger partial charge in [0, 0.05) is 31.5 Å². The summed E-state index contributed by atoms with van der Waals surface area (Å²) in [5.41, 5.74) is 6.57. The summed E-state index contributed by atoms with van der Waals surface area (Å²) in [6, 6.07) is 9.64. The second kappa shape index (κ2) is 8.30. The third-order valence-electron chi connectivity index (χ3n) is 4.63. The molecule has 0 saturated carbocycles. The SMILES string of the molecule is CC(=O)N1CCC(C(=O)NNC(=O)c2sc(-c3ccccc3)nc2C)CC1. The highest BCUT2D eigenvalue weighted by Gasteiger charge is 2.26. The Morgan fingerprint density at radius 2 is 1.78 bits per heavy atom. The van der Waals surface area contributed by atoms with Gasteiger partial charge in [0.1, 0.15) is 9.88 Å². The number of rotatable bonds is 3. The van der Waals surface area contributed by atoms with Crippen molar-refractivity contribution in [3.05, 3.63) is 40.9 Å². The molecule has 2 heterocycles. The minimum atomic E-state index is -0.373. The van der Waals surface area contributed by atoms with Gasteiger partial charge in [-0.3, -0.25) is 25.2 Å². The number of likely N-dealkylation sites (tertiary alicyclic amines) is 1. The van der Waals surface area contributed by atoms with E-state index in [-0.39, 0.29) is 23.6 Å². The van der Waals surface area contributed by atoms with Crippen LogP contribution in [0.2, 0.25) is 0 Å². The van der Waals surface area contributed by atoms with Crippen LogP contribution in [0.1, 0.15) is 35.1 Å². The highest BCUT2D eigenvalue weighted by atomic mass is 32.1. The van der Waals surface area contributed by atoms with Crippen LogP contribution < -0.4 is 10.9 Å². The second-order valence-electron chi connectivity index (χ2n) is 6.52. The van der Waals surface area contributed by atoms with Gasteiger partial charge in [-0.1, -0.05) is 30.3 Å². The van der Waals surface area contributed by atoms with Gasteiger partial charge in [0.15, 0.2) is 0 Å². The Labute approximate surface area is 161 Å². The molecule has 0 bridgehead atoms.